The molecule has 1 atom stereocenters. The Balaban J connectivity index is 1.60. The predicted molar refractivity (Wildman–Crippen MR) is 104 cm³/mol. The number of nitrogens with one attached hydrogen (secondary N) is 1. The summed E-state index contributed by atoms with van der Waals surface area (Å²) in [4.78, 5) is 24.9. The Morgan fingerprint density at radius 1 is 1.07 bits per heavy atom. The summed E-state index contributed by atoms with van der Waals surface area (Å²) in [5.41, 5.74) is 3.69. The van der Waals surface area contributed by atoms with E-state index in [9.17, 15) is 14.0 Å². The molecule has 1 aliphatic heterocycles. The fraction of sp³-hybridized carbons (Fsp3) is 0.130. The molecule has 0 bridgehead atoms. The molecular weight excluding hydrogens is 357 g/mol. The van der Waals surface area contributed by atoms with Crippen molar-refractivity contribution in [1.82, 2.24) is 0 Å². The first-order valence-corrected chi connectivity index (χ1v) is 8.97. The number of amides is 1. The van der Waals surface area contributed by atoms with Crippen LogP contribution in [-0.2, 0) is 11.2 Å². The summed E-state index contributed by atoms with van der Waals surface area (Å²) in [6.07, 6.45) is 0.0794. The van der Waals surface area contributed by atoms with Crippen LogP contribution in [0.2, 0.25) is 0 Å². The zero-order chi connectivity index (χ0) is 19.7. The molecule has 1 heterocycles. The average Bonchev–Trinajstić information content (AvgIpc) is 2.69. The van der Waals surface area contributed by atoms with Crippen molar-refractivity contribution in [2.75, 3.05) is 5.32 Å². The number of fused-ring (bicyclic) bond motifs is 1. The number of ether oxygens (including phenoxy) is 1. The molecule has 3 aromatic carbocycles. The van der Waals surface area contributed by atoms with Gasteiger partial charge in [0.1, 0.15) is 11.9 Å². The maximum Gasteiger partial charge on any atom is 0.339 e. The summed E-state index contributed by atoms with van der Waals surface area (Å²) in [5, 5.41) is 2.56. The molecule has 4 nitrogen and oxygen atoms in total. The van der Waals surface area contributed by atoms with Crippen molar-refractivity contribution in [3.63, 3.8) is 0 Å². The third-order valence-electron chi connectivity index (χ3n) is 4.81. The van der Waals surface area contributed by atoms with Gasteiger partial charge in [-0.1, -0.05) is 42.0 Å². The van der Waals surface area contributed by atoms with E-state index in [2.05, 4.69) is 5.32 Å². The van der Waals surface area contributed by atoms with Crippen molar-refractivity contribution in [2.24, 2.45) is 0 Å². The fourth-order valence-corrected chi connectivity index (χ4v) is 3.26. The van der Waals surface area contributed by atoms with Crippen molar-refractivity contribution >= 4 is 17.6 Å². The van der Waals surface area contributed by atoms with Crippen LogP contribution >= 0.6 is 0 Å². The standard InChI is InChI=1S/C23H18FNO3/c1-14-6-8-15(9-7-14)21-13-17-12-16(10-11-18(17)23(27)28-21)22(26)25-20-5-3-2-4-19(20)24/h2-12,21H,13H2,1H3,(H,25,26)/t21-/m1/s1. The molecule has 28 heavy (non-hydrogen) atoms. The van der Waals surface area contributed by atoms with Crippen LogP contribution in [0.5, 0.6) is 0 Å². The van der Waals surface area contributed by atoms with E-state index in [-0.39, 0.29) is 5.69 Å². The number of halogens is 1. The minimum absolute atomic E-state index is 0.113. The maximum atomic E-state index is 13.8. The highest BCUT2D eigenvalue weighted by Gasteiger charge is 2.28. The van der Waals surface area contributed by atoms with Gasteiger partial charge in [0.2, 0.25) is 0 Å². The third kappa shape index (κ3) is 3.51. The van der Waals surface area contributed by atoms with Crippen molar-refractivity contribution in [1.29, 1.82) is 0 Å². The number of anilines is 1. The molecule has 0 saturated carbocycles. The van der Waals surface area contributed by atoms with Gasteiger partial charge in [-0.15, -0.1) is 0 Å². The molecule has 140 valence electrons. The van der Waals surface area contributed by atoms with E-state index in [4.69, 9.17) is 4.74 Å². The summed E-state index contributed by atoms with van der Waals surface area (Å²) >= 11 is 0. The van der Waals surface area contributed by atoms with E-state index < -0.39 is 23.8 Å². The van der Waals surface area contributed by atoms with Crippen molar-refractivity contribution < 1.29 is 18.7 Å². The molecular formula is C23H18FNO3. The van der Waals surface area contributed by atoms with E-state index in [1.807, 2.05) is 31.2 Å². The summed E-state index contributed by atoms with van der Waals surface area (Å²) < 4.78 is 19.3. The molecule has 0 unspecified atom stereocenters. The van der Waals surface area contributed by atoms with Gasteiger partial charge in [0.15, 0.2) is 0 Å². The number of rotatable bonds is 3. The predicted octanol–water partition coefficient (Wildman–Crippen LogP) is 4.84. The van der Waals surface area contributed by atoms with Gasteiger partial charge in [0.05, 0.1) is 11.3 Å². The number of hydrogen-bond acceptors (Lipinski definition) is 3. The molecule has 1 N–H and O–H groups in total. The van der Waals surface area contributed by atoms with Crippen LogP contribution in [-0.4, -0.2) is 11.9 Å². The lowest BCUT2D eigenvalue weighted by Gasteiger charge is -2.25. The van der Waals surface area contributed by atoms with Crippen LogP contribution in [0.1, 0.15) is 43.5 Å². The van der Waals surface area contributed by atoms with Gasteiger partial charge in [-0.05, 0) is 48.4 Å². The Labute approximate surface area is 162 Å². The van der Waals surface area contributed by atoms with Crippen LogP contribution in [0, 0.1) is 12.7 Å². The number of hydrogen-bond donors (Lipinski definition) is 1. The summed E-state index contributed by atoms with van der Waals surface area (Å²) in [6, 6.07) is 18.6. The monoisotopic (exact) mass is 375 g/mol. The summed E-state index contributed by atoms with van der Waals surface area (Å²) in [6.45, 7) is 1.99. The smallest absolute Gasteiger partial charge is 0.339 e. The van der Waals surface area contributed by atoms with E-state index in [0.717, 1.165) is 16.7 Å². The molecule has 1 aliphatic rings. The van der Waals surface area contributed by atoms with Gasteiger partial charge in [0, 0.05) is 12.0 Å². The SMILES string of the molecule is Cc1ccc([C@H]2Cc3cc(C(=O)Nc4ccccc4F)ccc3C(=O)O2)cc1. The number of benzene rings is 3. The lowest BCUT2D eigenvalue weighted by Crippen LogP contribution is -2.23. The molecule has 0 radical (unpaired) electrons. The second-order valence-corrected chi connectivity index (χ2v) is 6.81. The van der Waals surface area contributed by atoms with E-state index in [1.54, 1.807) is 30.3 Å². The van der Waals surface area contributed by atoms with Gasteiger partial charge < -0.3 is 10.1 Å². The minimum Gasteiger partial charge on any atom is -0.454 e. The van der Waals surface area contributed by atoms with Gasteiger partial charge in [-0.3, -0.25) is 4.79 Å². The molecule has 4 rings (SSSR count). The largest absolute Gasteiger partial charge is 0.454 e. The van der Waals surface area contributed by atoms with Crippen LogP contribution in [0.15, 0.2) is 66.7 Å². The molecule has 0 aromatic heterocycles. The Kier molecular flexibility index (Phi) is 4.65. The van der Waals surface area contributed by atoms with Gasteiger partial charge >= 0.3 is 5.97 Å². The topological polar surface area (TPSA) is 55.4 Å². The first-order valence-electron chi connectivity index (χ1n) is 8.97. The van der Waals surface area contributed by atoms with Crippen molar-refractivity contribution in [3.8, 4) is 0 Å². The molecule has 0 fully saturated rings. The Hall–Kier alpha value is -3.47. The maximum absolute atomic E-state index is 13.8. The van der Waals surface area contributed by atoms with Crippen LogP contribution in [0.25, 0.3) is 0 Å². The number of carbonyl (C=O) groups is 2. The van der Waals surface area contributed by atoms with E-state index >= 15 is 0 Å². The summed E-state index contributed by atoms with van der Waals surface area (Å²) in [5.74, 6) is -1.34. The Bertz CT molecular complexity index is 1060. The zero-order valence-electron chi connectivity index (χ0n) is 15.2. The highest BCUT2D eigenvalue weighted by molar-refractivity contribution is 6.05. The van der Waals surface area contributed by atoms with Gasteiger partial charge in [0.25, 0.3) is 5.91 Å². The number of aryl methyl sites for hydroxylation is 1. The van der Waals surface area contributed by atoms with Crippen LogP contribution in [0.4, 0.5) is 10.1 Å². The fourth-order valence-electron chi connectivity index (χ4n) is 3.26. The second-order valence-electron chi connectivity index (χ2n) is 6.81. The minimum atomic E-state index is -0.503. The Morgan fingerprint density at radius 3 is 2.57 bits per heavy atom. The van der Waals surface area contributed by atoms with Crippen molar-refractivity contribution in [3.05, 3.63) is 100 Å². The average molecular weight is 375 g/mol. The van der Waals surface area contributed by atoms with E-state index in [0.29, 0.717) is 17.5 Å². The first kappa shape index (κ1) is 17.9. The quantitative estimate of drug-likeness (QED) is 0.667. The molecule has 1 amide bonds. The molecule has 5 heteroatoms. The normalized spacial score (nSPS) is 15.5. The molecule has 3 aromatic rings. The van der Waals surface area contributed by atoms with Gasteiger partial charge in [-0.25, -0.2) is 9.18 Å². The highest BCUT2D eigenvalue weighted by atomic mass is 19.1. The first-order chi connectivity index (χ1) is 13.5. The van der Waals surface area contributed by atoms with Crippen LogP contribution < -0.4 is 5.32 Å². The lowest BCUT2D eigenvalue weighted by atomic mass is 9.92. The molecule has 0 saturated heterocycles. The van der Waals surface area contributed by atoms with Crippen molar-refractivity contribution in [2.45, 2.75) is 19.4 Å². The molecule has 0 aliphatic carbocycles. The second kappa shape index (κ2) is 7.27. The number of cyclic esters (lactones) is 1. The molecule has 0 spiro atoms. The van der Waals surface area contributed by atoms with Gasteiger partial charge in [-0.2, -0.15) is 0 Å². The van der Waals surface area contributed by atoms with E-state index in [1.165, 1.54) is 12.1 Å². The third-order valence-corrected chi connectivity index (χ3v) is 4.81. The van der Waals surface area contributed by atoms with Crippen LogP contribution in [0.3, 0.4) is 0 Å². The number of carbonyl (C=O) groups excluding carboxylic acids is 2. The highest BCUT2D eigenvalue weighted by Crippen LogP contribution is 2.31. The Morgan fingerprint density at radius 2 is 1.82 bits per heavy atom. The lowest BCUT2D eigenvalue weighted by molar-refractivity contribution is 0.0252. The number of esters is 1. The summed E-state index contributed by atoms with van der Waals surface area (Å²) in [7, 11) is 0. The number of para-hydroxylation sites is 1. The zero-order valence-corrected chi connectivity index (χ0v) is 15.2.